The third-order valence-corrected chi connectivity index (χ3v) is 14.2. The van der Waals surface area contributed by atoms with Crippen LogP contribution in [0.5, 0.6) is 0 Å². The summed E-state index contributed by atoms with van der Waals surface area (Å²) in [5, 5.41) is 27.8. The lowest BCUT2D eigenvalue weighted by molar-refractivity contribution is 1.18. The van der Waals surface area contributed by atoms with E-state index in [9.17, 15) is 10.5 Å². The highest BCUT2D eigenvalue weighted by Crippen LogP contribution is 2.34. The number of para-hydroxylation sites is 2. The normalized spacial score (nSPS) is 11.3. The molecule has 0 aliphatic heterocycles. The zero-order valence-electron chi connectivity index (χ0n) is 26.1. The molecule has 0 amide bonds. The average Bonchev–Trinajstić information content (AvgIpc) is 3.51. The van der Waals surface area contributed by atoms with Crippen LogP contribution in [-0.2, 0) is 0 Å². The standard InChI is InChI=1S/C44H29N3Si/c45-30-32-24-25-39(34-26-33(31-46)27-35(29-34)47-42-22-12-10-20-40(42)41-21-11-13-23-43(41)47)44(28-32)48(36-14-4-1-5-15-36,37-16-6-2-7-17-37)38-18-8-3-9-19-38/h1-29H. The predicted octanol–water partition coefficient (Wildman–Crippen LogP) is 7.57. The van der Waals surface area contributed by atoms with Gasteiger partial charge in [-0.1, -0.05) is 133 Å². The highest BCUT2D eigenvalue weighted by atomic mass is 28.3. The van der Waals surface area contributed by atoms with Crippen molar-refractivity contribution in [3.63, 3.8) is 0 Å². The van der Waals surface area contributed by atoms with Crippen molar-refractivity contribution in [2.24, 2.45) is 0 Å². The molecule has 48 heavy (non-hydrogen) atoms. The Morgan fingerprint density at radius 1 is 0.438 bits per heavy atom. The molecule has 0 aliphatic carbocycles. The molecule has 3 nitrogen and oxygen atoms in total. The minimum atomic E-state index is -3.01. The lowest BCUT2D eigenvalue weighted by Crippen LogP contribution is -2.75. The molecule has 1 aromatic heterocycles. The van der Waals surface area contributed by atoms with Gasteiger partial charge in [0.05, 0.1) is 34.3 Å². The number of rotatable bonds is 6. The maximum Gasteiger partial charge on any atom is 0.180 e. The third-order valence-electron chi connectivity index (χ3n) is 9.37. The number of nitrogens with zero attached hydrogens (tertiary/aromatic N) is 3. The highest BCUT2D eigenvalue weighted by molar-refractivity contribution is 7.20. The molecule has 8 aromatic rings. The van der Waals surface area contributed by atoms with E-state index in [1.54, 1.807) is 0 Å². The van der Waals surface area contributed by atoms with Gasteiger partial charge in [-0.05, 0) is 74.3 Å². The maximum absolute atomic E-state index is 10.4. The predicted molar refractivity (Wildman–Crippen MR) is 199 cm³/mol. The third kappa shape index (κ3) is 4.64. The lowest BCUT2D eigenvalue weighted by atomic mass is 10.0. The summed E-state index contributed by atoms with van der Waals surface area (Å²) in [6.07, 6.45) is 0. The Labute approximate surface area is 280 Å². The van der Waals surface area contributed by atoms with E-state index in [1.165, 1.54) is 26.3 Å². The van der Waals surface area contributed by atoms with E-state index in [0.29, 0.717) is 11.1 Å². The fraction of sp³-hybridized carbons (Fsp3) is 0. The smallest absolute Gasteiger partial charge is 0.180 e. The van der Waals surface area contributed by atoms with Crippen LogP contribution in [-0.4, -0.2) is 12.6 Å². The molecular weight excluding hydrogens is 599 g/mol. The van der Waals surface area contributed by atoms with Gasteiger partial charge >= 0.3 is 0 Å². The molecule has 0 saturated carbocycles. The SMILES string of the molecule is N#Cc1cc(-c2ccc(C#N)cc2[Si](c2ccccc2)(c2ccccc2)c2ccccc2)cc(-n2c3ccccc3c3ccccc32)c1. The molecule has 0 N–H and O–H groups in total. The zero-order valence-corrected chi connectivity index (χ0v) is 27.1. The van der Waals surface area contributed by atoms with E-state index in [-0.39, 0.29) is 0 Å². The molecular formula is C44H29N3Si. The van der Waals surface area contributed by atoms with Crippen molar-refractivity contribution < 1.29 is 0 Å². The van der Waals surface area contributed by atoms with Gasteiger partial charge in [-0.15, -0.1) is 0 Å². The minimum absolute atomic E-state index is 0.575. The Hall–Kier alpha value is -6.46. The molecule has 0 atom stereocenters. The second-order valence-corrected chi connectivity index (χ2v) is 15.7. The minimum Gasteiger partial charge on any atom is -0.309 e. The van der Waals surface area contributed by atoms with E-state index in [1.807, 2.05) is 18.2 Å². The van der Waals surface area contributed by atoms with Gasteiger partial charge in [-0.3, -0.25) is 0 Å². The van der Waals surface area contributed by atoms with Crippen LogP contribution in [0.3, 0.4) is 0 Å². The molecule has 0 spiro atoms. The van der Waals surface area contributed by atoms with Crippen LogP contribution in [0.25, 0.3) is 38.6 Å². The monoisotopic (exact) mass is 627 g/mol. The Morgan fingerprint density at radius 2 is 0.917 bits per heavy atom. The number of aromatic nitrogens is 1. The molecule has 224 valence electrons. The molecule has 7 aromatic carbocycles. The summed E-state index contributed by atoms with van der Waals surface area (Å²) in [7, 11) is -3.01. The summed E-state index contributed by atoms with van der Waals surface area (Å²) in [6, 6.07) is 66.1. The van der Waals surface area contributed by atoms with Crippen LogP contribution in [0.4, 0.5) is 0 Å². The molecule has 0 unspecified atom stereocenters. The van der Waals surface area contributed by atoms with Gasteiger partial charge in [0.25, 0.3) is 0 Å². The topological polar surface area (TPSA) is 52.5 Å². The quantitative estimate of drug-likeness (QED) is 0.141. The summed E-state index contributed by atoms with van der Waals surface area (Å²) in [4.78, 5) is 0. The van der Waals surface area contributed by atoms with Crippen LogP contribution in [0.2, 0.25) is 0 Å². The molecule has 0 bridgehead atoms. The zero-order chi connectivity index (χ0) is 32.5. The van der Waals surface area contributed by atoms with Gasteiger partial charge in [0.2, 0.25) is 0 Å². The van der Waals surface area contributed by atoms with Crippen LogP contribution < -0.4 is 20.7 Å². The Kier molecular flexibility index (Phi) is 7.27. The summed E-state index contributed by atoms with van der Waals surface area (Å²) in [5.74, 6) is 0. The first kappa shape index (κ1) is 29.0. The first-order valence-corrected chi connectivity index (χ1v) is 18.0. The van der Waals surface area contributed by atoms with Crippen molar-refractivity contribution in [3.05, 3.63) is 187 Å². The van der Waals surface area contributed by atoms with Gasteiger partial charge < -0.3 is 4.57 Å². The molecule has 8 rings (SSSR count). The van der Waals surface area contributed by atoms with E-state index < -0.39 is 8.07 Å². The second kappa shape index (κ2) is 12.0. The molecule has 0 fully saturated rings. The van der Waals surface area contributed by atoms with E-state index in [0.717, 1.165) is 33.0 Å². The van der Waals surface area contributed by atoms with Gasteiger partial charge in [-0.2, -0.15) is 10.5 Å². The van der Waals surface area contributed by atoms with Gasteiger partial charge in [0.15, 0.2) is 8.07 Å². The summed E-state index contributed by atoms with van der Waals surface area (Å²) in [6.45, 7) is 0. The highest BCUT2D eigenvalue weighted by Gasteiger charge is 2.43. The first-order chi connectivity index (χ1) is 23.7. The summed E-state index contributed by atoms with van der Waals surface area (Å²) in [5.41, 5.74) is 6.21. The van der Waals surface area contributed by atoms with Crippen molar-refractivity contribution >= 4 is 50.6 Å². The largest absolute Gasteiger partial charge is 0.309 e. The summed E-state index contributed by atoms with van der Waals surface area (Å²) >= 11 is 0. The fourth-order valence-corrected chi connectivity index (χ4v) is 12.4. The van der Waals surface area contributed by atoms with E-state index in [2.05, 4.69) is 174 Å². The number of fused-ring (bicyclic) bond motifs is 3. The maximum atomic E-state index is 10.4. The van der Waals surface area contributed by atoms with Crippen molar-refractivity contribution in [3.8, 4) is 29.0 Å². The summed E-state index contributed by atoms with van der Waals surface area (Å²) < 4.78 is 2.26. The molecule has 0 saturated heterocycles. The lowest BCUT2D eigenvalue weighted by Gasteiger charge is -2.36. The van der Waals surface area contributed by atoms with Gasteiger partial charge in [-0.25, -0.2) is 0 Å². The van der Waals surface area contributed by atoms with Gasteiger partial charge in [0.1, 0.15) is 0 Å². The van der Waals surface area contributed by atoms with Crippen molar-refractivity contribution in [2.45, 2.75) is 0 Å². The van der Waals surface area contributed by atoms with Gasteiger partial charge in [0, 0.05) is 16.5 Å². The number of hydrogen-bond acceptors (Lipinski definition) is 2. The Bertz CT molecular complexity index is 2370. The first-order valence-electron chi connectivity index (χ1n) is 16.0. The fourth-order valence-electron chi connectivity index (χ4n) is 7.37. The van der Waals surface area contributed by atoms with Crippen LogP contribution >= 0.6 is 0 Å². The van der Waals surface area contributed by atoms with E-state index >= 15 is 0 Å². The number of benzene rings is 7. The number of nitriles is 2. The van der Waals surface area contributed by atoms with Crippen LogP contribution in [0.15, 0.2) is 176 Å². The molecule has 1 heterocycles. The Balaban J connectivity index is 1.49. The van der Waals surface area contributed by atoms with Crippen molar-refractivity contribution in [1.29, 1.82) is 10.5 Å². The molecule has 0 aliphatic rings. The van der Waals surface area contributed by atoms with Crippen molar-refractivity contribution in [1.82, 2.24) is 4.57 Å². The Morgan fingerprint density at radius 3 is 1.42 bits per heavy atom. The van der Waals surface area contributed by atoms with Crippen molar-refractivity contribution in [2.75, 3.05) is 0 Å². The van der Waals surface area contributed by atoms with Crippen LogP contribution in [0.1, 0.15) is 11.1 Å². The van der Waals surface area contributed by atoms with Crippen LogP contribution in [0, 0.1) is 22.7 Å². The molecule has 0 radical (unpaired) electrons. The average molecular weight is 628 g/mol. The molecule has 4 heteroatoms. The number of hydrogen-bond donors (Lipinski definition) is 0. The van der Waals surface area contributed by atoms with E-state index in [4.69, 9.17) is 0 Å². The second-order valence-electron chi connectivity index (χ2n) is 12.0.